The number of pyridine rings is 1. The fourth-order valence-corrected chi connectivity index (χ4v) is 6.12. The average Bonchev–Trinajstić information content (AvgIpc) is 3.55. The molecule has 2 atom stereocenters. The van der Waals surface area contributed by atoms with E-state index in [0.717, 1.165) is 53.7 Å². The Morgan fingerprint density at radius 1 is 1.00 bits per heavy atom. The number of fused-ring (bicyclic) bond motifs is 3. The fourth-order valence-electron chi connectivity index (χ4n) is 6.12. The van der Waals surface area contributed by atoms with Gasteiger partial charge in [-0.2, -0.15) is 0 Å². The molecule has 2 unspecified atom stereocenters. The summed E-state index contributed by atoms with van der Waals surface area (Å²) in [5.41, 5.74) is 7.11. The summed E-state index contributed by atoms with van der Waals surface area (Å²) < 4.78 is 0. The summed E-state index contributed by atoms with van der Waals surface area (Å²) in [5, 5.41) is 4.59. The van der Waals surface area contributed by atoms with Crippen molar-refractivity contribution < 1.29 is 4.79 Å². The lowest BCUT2D eigenvalue weighted by Crippen LogP contribution is -2.52. The average molecular weight is 455 g/mol. The van der Waals surface area contributed by atoms with Crippen LogP contribution in [0.5, 0.6) is 0 Å². The number of aromatic nitrogens is 1. The minimum atomic E-state index is -0.298. The van der Waals surface area contributed by atoms with Gasteiger partial charge in [-0.25, -0.2) is 0 Å². The van der Waals surface area contributed by atoms with Crippen molar-refractivity contribution in [2.75, 3.05) is 25.0 Å². The molecule has 1 aliphatic carbocycles. The maximum Gasteiger partial charge on any atom is 0.252 e. The van der Waals surface area contributed by atoms with Crippen LogP contribution in [0.2, 0.25) is 0 Å². The Hall–Kier alpha value is -2.92. The van der Waals surface area contributed by atoms with Gasteiger partial charge >= 0.3 is 0 Å². The van der Waals surface area contributed by atoms with Crippen molar-refractivity contribution >= 4 is 22.5 Å². The first kappa shape index (κ1) is 21.6. The third-order valence-corrected chi connectivity index (χ3v) is 8.39. The number of benzene rings is 2. The topological polar surface area (TPSA) is 48.5 Å². The maximum atomic E-state index is 13.6. The Labute approximate surface area is 202 Å². The van der Waals surface area contributed by atoms with E-state index >= 15 is 0 Å². The number of anilines is 1. The molecule has 1 aromatic heterocycles. The standard InChI is InChI=1S/C29H34N4O/c1-18-13-26(24-10-6-20(3)30-27(24)14-18)29(11-12-29)31-28(34)25-15-21(7-5-19(25)2)33-16-22-8-9-23(17-33)32(22)4/h5-7,10,13-15,22-23H,8-9,11-12,16-17H2,1-4H3,(H,31,34). The molecule has 5 nitrogen and oxygen atoms in total. The maximum absolute atomic E-state index is 13.6. The van der Waals surface area contributed by atoms with E-state index in [9.17, 15) is 4.79 Å². The molecular formula is C29H34N4O. The monoisotopic (exact) mass is 454 g/mol. The van der Waals surface area contributed by atoms with Gasteiger partial charge in [-0.3, -0.25) is 14.7 Å². The normalized spacial score (nSPS) is 23.4. The molecule has 1 saturated carbocycles. The number of aryl methyl sites for hydroxylation is 3. The second-order valence-corrected chi connectivity index (χ2v) is 10.8. The Bertz CT molecular complexity index is 1280. The van der Waals surface area contributed by atoms with Gasteiger partial charge in [0.05, 0.1) is 11.1 Å². The smallest absolute Gasteiger partial charge is 0.252 e. The number of amides is 1. The van der Waals surface area contributed by atoms with Crippen molar-refractivity contribution in [2.24, 2.45) is 0 Å². The van der Waals surface area contributed by atoms with Gasteiger partial charge in [-0.1, -0.05) is 18.2 Å². The summed E-state index contributed by atoms with van der Waals surface area (Å²) in [7, 11) is 2.26. The molecule has 0 radical (unpaired) electrons. The van der Waals surface area contributed by atoms with E-state index in [1.807, 2.05) is 13.8 Å². The van der Waals surface area contributed by atoms with Crippen LogP contribution < -0.4 is 10.2 Å². The zero-order valence-corrected chi connectivity index (χ0v) is 20.7. The van der Waals surface area contributed by atoms with Crippen LogP contribution in [0.25, 0.3) is 10.9 Å². The summed E-state index contributed by atoms with van der Waals surface area (Å²) in [6.45, 7) is 8.27. The molecule has 3 aliphatic rings. The SMILES string of the molecule is Cc1cc(C2(NC(=O)c3cc(N4CC5CCC(C4)N5C)ccc3C)CC2)c2ccc(C)nc2c1. The van der Waals surface area contributed by atoms with Gasteiger partial charge in [0.2, 0.25) is 0 Å². The van der Waals surface area contributed by atoms with Gasteiger partial charge in [0.25, 0.3) is 5.91 Å². The zero-order chi connectivity index (χ0) is 23.6. The van der Waals surface area contributed by atoms with Crippen LogP contribution in [-0.4, -0.2) is 48.0 Å². The number of piperazine rings is 1. The van der Waals surface area contributed by atoms with Crippen molar-refractivity contribution in [3.63, 3.8) is 0 Å². The second kappa shape index (κ2) is 7.81. The Balaban J connectivity index is 1.29. The highest BCUT2D eigenvalue weighted by molar-refractivity contribution is 5.98. The van der Waals surface area contributed by atoms with Gasteiger partial charge < -0.3 is 10.2 Å². The van der Waals surface area contributed by atoms with Crippen molar-refractivity contribution in [3.8, 4) is 0 Å². The van der Waals surface area contributed by atoms with E-state index in [-0.39, 0.29) is 11.4 Å². The lowest BCUT2D eigenvalue weighted by atomic mass is 9.95. The molecule has 2 aromatic carbocycles. The van der Waals surface area contributed by atoms with Crippen LogP contribution in [0.15, 0.2) is 42.5 Å². The third kappa shape index (κ3) is 3.58. The molecule has 34 heavy (non-hydrogen) atoms. The molecule has 2 aliphatic heterocycles. The molecule has 176 valence electrons. The number of hydrogen-bond donors (Lipinski definition) is 1. The number of hydrogen-bond acceptors (Lipinski definition) is 4. The lowest BCUT2D eigenvalue weighted by molar-refractivity contribution is 0.0930. The zero-order valence-electron chi connectivity index (χ0n) is 20.7. The molecular weight excluding hydrogens is 420 g/mol. The van der Waals surface area contributed by atoms with E-state index in [1.165, 1.54) is 29.7 Å². The summed E-state index contributed by atoms with van der Waals surface area (Å²) in [4.78, 5) is 23.4. The lowest BCUT2D eigenvalue weighted by Gasteiger charge is -2.40. The summed E-state index contributed by atoms with van der Waals surface area (Å²) in [6, 6.07) is 16.3. The van der Waals surface area contributed by atoms with E-state index in [0.29, 0.717) is 12.1 Å². The minimum absolute atomic E-state index is 0.0312. The number of rotatable bonds is 4. The largest absolute Gasteiger partial charge is 0.368 e. The highest BCUT2D eigenvalue weighted by atomic mass is 16.1. The molecule has 5 heteroatoms. The van der Waals surface area contributed by atoms with Gasteiger partial charge in [-0.05, 0) is 94.5 Å². The summed E-state index contributed by atoms with van der Waals surface area (Å²) >= 11 is 0. The van der Waals surface area contributed by atoms with Gasteiger partial charge in [0, 0.05) is 47.5 Å². The molecule has 2 saturated heterocycles. The predicted molar refractivity (Wildman–Crippen MR) is 138 cm³/mol. The molecule has 1 amide bonds. The Morgan fingerprint density at radius 3 is 2.44 bits per heavy atom. The first-order chi connectivity index (χ1) is 16.3. The molecule has 2 bridgehead atoms. The van der Waals surface area contributed by atoms with Crippen LogP contribution in [0, 0.1) is 20.8 Å². The molecule has 0 spiro atoms. The van der Waals surface area contributed by atoms with Gasteiger partial charge in [0.15, 0.2) is 0 Å². The first-order valence-electron chi connectivity index (χ1n) is 12.6. The van der Waals surface area contributed by atoms with Crippen LogP contribution >= 0.6 is 0 Å². The quantitative estimate of drug-likeness (QED) is 0.612. The molecule has 1 N–H and O–H groups in total. The first-order valence-corrected chi connectivity index (χ1v) is 12.6. The Morgan fingerprint density at radius 2 is 1.74 bits per heavy atom. The van der Waals surface area contributed by atoms with E-state index in [2.05, 4.69) is 71.6 Å². The fraction of sp³-hybridized carbons (Fsp3) is 0.448. The number of likely N-dealkylation sites (N-methyl/N-ethyl adjacent to an activating group) is 1. The third-order valence-electron chi connectivity index (χ3n) is 8.39. The van der Waals surface area contributed by atoms with Crippen LogP contribution in [-0.2, 0) is 5.54 Å². The minimum Gasteiger partial charge on any atom is -0.368 e. The van der Waals surface area contributed by atoms with Crippen LogP contribution in [0.4, 0.5) is 5.69 Å². The van der Waals surface area contributed by atoms with Crippen LogP contribution in [0.3, 0.4) is 0 Å². The van der Waals surface area contributed by atoms with Crippen molar-refractivity contribution in [1.82, 2.24) is 15.2 Å². The van der Waals surface area contributed by atoms with Gasteiger partial charge in [-0.15, -0.1) is 0 Å². The number of nitrogens with zero attached hydrogens (tertiary/aromatic N) is 3. The summed E-state index contributed by atoms with van der Waals surface area (Å²) in [6.07, 6.45) is 4.48. The van der Waals surface area contributed by atoms with Crippen molar-refractivity contribution in [2.45, 2.75) is 64.1 Å². The van der Waals surface area contributed by atoms with E-state index < -0.39 is 0 Å². The number of nitrogens with one attached hydrogen (secondary N) is 1. The number of carbonyl (C=O) groups is 1. The highest BCUT2D eigenvalue weighted by Gasteiger charge is 2.47. The van der Waals surface area contributed by atoms with Crippen LogP contribution in [0.1, 0.15) is 58.4 Å². The molecule has 3 fully saturated rings. The van der Waals surface area contributed by atoms with Crippen molar-refractivity contribution in [3.05, 3.63) is 70.4 Å². The van der Waals surface area contributed by atoms with E-state index in [4.69, 9.17) is 4.98 Å². The van der Waals surface area contributed by atoms with E-state index in [1.54, 1.807) is 0 Å². The van der Waals surface area contributed by atoms with Gasteiger partial charge in [0.1, 0.15) is 0 Å². The summed E-state index contributed by atoms with van der Waals surface area (Å²) in [5.74, 6) is 0.0312. The van der Waals surface area contributed by atoms with Crippen molar-refractivity contribution in [1.29, 1.82) is 0 Å². The second-order valence-electron chi connectivity index (χ2n) is 10.8. The molecule has 3 heterocycles. The Kier molecular flexibility index (Phi) is 4.96. The molecule has 3 aromatic rings. The highest BCUT2D eigenvalue weighted by Crippen LogP contribution is 2.48. The predicted octanol–water partition coefficient (Wildman–Crippen LogP) is 4.86. The molecule has 6 rings (SSSR count). The number of carbonyl (C=O) groups excluding carboxylic acids is 1.